The number of carbonyl (C=O) groups is 6. The number of benzene rings is 1. The molecule has 1 aliphatic heterocycles. The van der Waals surface area contributed by atoms with Crippen molar-refractivity contribution in [3.8, 4) is 0 Å². The van der Waals surface area contributed by atoms with E-state index in [-0.39, 0.29) is 30.0 Å². The molecule has 48 heavy (non-hydrogen) atoms. The van der Waals surface area contributed by atoms with Crippen LogP contribution in [0.5, 0.6) is 0 Å². The summed E-state index contributed by atoms with van der Waals surface area (Å²) in [7, 11) is 0. The summed E-state index contributed by atoms with van der Waals surface area (Å²) in [5, 5.41) is 21.4. The first-order valence-electron chi connectivity index (χ1n) is 15.4. The minimum absolute atomic E-state index is 0.000342. The van der Waals surface area contributed by atoms with Gasteiger partial charge in [-0.2, -0.15) is 0 Å². The smallest absolute Gasteiger partial charge is 0.411 e. The second-order valence-corrected chi connectivity index (χ2v) is 11.9. The largest absolute Gasteiger partial charge is 0.444 e. The van der Waals surface area contributed by atoms with Crippen LogP contribution in [0.1, 0.15) is 57.9 Å². The van der Waals surface area contributed by atoms with Crippen LogP contribution in [0.15, 0.2) is 42.9 Å². The molecule has 0 aliphatic carbocycles. The molecule has 1 saturated heterocycles. The number of amides is 5. The van der Waals surface area contributed by atoms with E-state index in [1.165, 1.54) is 41.7 Å². The molecule has 0 spiro atoms. The Morgan fingerprint density at radius 3 is 2.35 bits per heavy atom. The summed E-state index contributed by atoms with van der Waals surface area (Å²) in [6.07, 6.45) is 2.76. The molecular formula is C31H40N8O9. The number of hydrogen-bond acceptors (Lipinski definition) is 11. The minimum Gasteiger partial charge on any atom is -0.444 e. The Kier molecular flexibility index (Phi) is 13.0. The van der Waals surface area contributed by atoms with Crippen LogP contribution < -0.4 is 21.3 Å². The molecule has 17 heteroatoms. The number of hydrogen-bond donors (Lipinski definition) is 4. The molecule has 0 radical (unpaired) electrons. The average Bonchev–Trinajstić information content (AvgIpc) is 3.48. The maximum Gasteiger partial charge on any atom is 0.411 e. The van der Waals surface area contributed by atoms with Crippen LogP contribution in [0.3, 0.4) is 0 Å². The Labute approximate surface area is 276 Å². The zero-order valence-corrected chi connectivity index (χ0v) is 27.2. The van der Waals surface area contributed by atoms with E-state index in [1.807, 2.05) is 0 Å². The fourth-order valence-corrected chi connectivity index (χ4v) is 4.98. The SMILES string of the molecule is CC[C@@H](C=O)NC(=O)[C@@H]1C[C@@H](OC(=O)Nc2cccc([N+](=O)[O-])c2)CN1C(=O)[C@@H](NC(=O)[C@@H](NC(=O)c1cnccn1)C(C)C)C(C)C. The van der Waals surface area contributed by atoms with Crippen molar-refractivity contribution in [2.75, 3.05) is 11.9 Å². The van der Waals surface area contributed by atoms with Crippen LogP contribution in [-0.2, 0) is 23.9 Å². The minimum atomic E-state index is -1.17. The summed E-state index contributed by atoms with van der Waals surface area (Å²) >= 11 is 0. The Hall–Kier alpha value is -5.48. The number of non-ortho nitro benzene ring substituents is 1. The third-order valence-corrected chi connectivity index (χ3v) is 7.62. The van der Waals surface area contributed by atoms with Crippen molar-refractivity contribution in [1.29, 1.82) is 0 Å². The van der Waals surface area contributed by atoms with Gasteiger partial charge in [-0.1, -0.05) is 40.7 Å². The average molecular weight is 669 g/mol. The monoisotopic (exact) mass is 668 g/mol. The maximum absolute atomic E-state index is 14.1. The van der Waals surface area contributed by atoms with Crippen LogP contribution in [0, 0.1) is 22.0 Å². The van der Waals surface area contributed by atoms with Crippen molar-refractivity contribution in [3.05, 3.63) is 58.7 Å². The Morgan fingerprint density at radius 1 is 1.06 bits per heavy atom. The van der Waals surface area contributed by atoms with Gasteiger partial charge >= 0.3 is 6.09 Å². The molecular weight excluding hydrogens is 628 g/mol. The van der Waals surface area contributed by atoms with Crippen molar-refractivity contribution < 1.29 is 38.4 Å². The van der Waals surface area contributed by atoms with E-state index in [2.05, 4.69) is 31.2 Å². The van der Waals surface area contributed by atoms with Gasteiger partial charge in [0.25, 0.3) is 11.6 Å². The summed E-state index contributed by atoms with van der Waals surface area (Å²) in [5.41, 5.74) is -0.155. The molecule has 1 aromatic carbocycles. The Balaban J connectivity index is 1.81. The molecule has 3 rings (SSSR count). The van der Waals surface area contributed by atoms with E-state index >= 15 is 0 Å². The number of nitro groups is 1. The first-order valence-corrected chi connectivity index (χ1v) is 15.4. The molecule has 2 heterocycles. The quantitative estimate of drug-likeness (QED) is 0.128. The standard InChI is InChI=1S/C31H40N8O9/c1-6-19(16-40)34-28(42)24-13-22(48-31(45)35-20-8-7-9-21(12-20)39(46)47)15-38(24)30(44)26(18(4)5)37-29(43)25(17(2)3)36-27(41)23-14-32-10-11-33-23/h7-12,14,16-19,22,24-26H,6,13,15H2,1-5H3,(H,34,42)(H,35,45)(H,36,41)(H,37,43)/t19-,22+,24-,25-,26-/m0/s1. The van der Waals surface area contributed by atoms with Gasteiger partial charge in [-0.15, -0.1) is 0 Å². The Morgan fingerprint density at radius 2 is 1.77 bits per heavy atom. The summed E-state index contributed by atoms with van der Waals surface area (Å²) < 4.78 is 5.50. The van der Waals surface area contributed by atoms with Crippen LogP contribution in [0.2, 0.25) is 0 Å². The van der Waals surface area contributed by atoms with Gasteiger partial charge in [-0.05, 0) is 24.3 Å². The number of anilines is 1. The van der Waals surface area contributed by atoms with Crippen molar-refractivity contribution >= 4 is 47.4 Å². The molecule has 2 aromatic rings. The number of aromatic nitrogens is 2. The molecule has 0 saturated carbocycles. The Bertz CT molecular complexity index is 1500. The normalized spacial score (nSPS) is 17.5. The molecule has 5 amide bonds. The number of carbonyl (C=O) groups excluding carboxylic acids is 6. The fraction of sp³-hybridized carbons (Fsp3) is 0.484. The topological polar surface area (TPSA) is 232 Å². The predicted molar refractivity (Wildman–Crippen MR) is 170 cm³/mol. The lowest BCUT2D eigenvalue weighted by atomic mass is 9.98. The molecule has 1 aromatic heterocycles. The van der Waals surface area contributed by atoms with E-state index in [0.717, 1.165) is 6.07 Å². The highest BCUT2D eigenvalue weighted by Gasteiger charge is 2.45. The number of likely N-dealkylation sites (tertiary alicyclic amines) is 1. The second-order valence-electron chi connectivity index (χ2n) is 11.9. The summed E-state index contributed by atoms with van der Waals surface area (Å²) in [6.45, 7) is 8.28. The summed E-state index contributed by atoms with van der Waals surface area (Å²) in [6, 6.07) is 0.993. The fourth-order valence-electron chi connectivity index (χ4n) is 4.98. The van der Waals surface area contributed by atoms with Gasteiger partial charge in [0.2, 0.25) is 17.7 Å². The highest BCUT2D eigenvalue weighted by atomic mass is 16.6. The number of aldehydes is 1. The zero-order chi connectivity index (χ0) is 35.5. The molecule has 1 fully saturated rings. The molecule has 4 N–H and O–H groups in total. The molecule has 1 aliphatic rings. The van der Waals surface area contributed by atoms with Gasteiger partial charge in [0.15, 0.2) is 0 Å². The van der Waals surface area contributed by atoms with Crippen LogP contribution in [0.4, 0.5) is 16.2 Å². The second kappa shape index (κ2) is 16.9. The van der Waals surface area contributed by atoms with Gasteiger partial charge in [0, 0.05) is 30.9 Å². The van der Waals surface area contributed by atoms with Crippen molar-refractivity contribution in [1.82, 2.24) is 30.8 Å². The van der Waals surface area contributed by atoms with Crippen molar-refractivity contribution in [2.45, 2.75) is 77.7 Å². The summed E-state index contributed by atoms with van der Waals surface area (Å²) in [4.78, 5) is 97.3. The number of nitrogens with zero attached hydrogens (tertiary/aromatic N) is 4. The third-order valence-electron chi connectivity index (χ3n) is 7.62. The number of nitro benzene ring substituents is 1. The van der Waals surface area contributed by atoms with Gasteiger partial charge in [-0.3, -0.25) is 39.6 Å². The molecule has 17 nitrogen and oxygen atoms in total. The first kappa shape index (κ1) is 37.0. The number of ether oxygens (including phenoxy) is 1. The van der Waals surface area contributed by atoms with Gasteiger partial charge < -0.3 is 30.4 Å². The van der Waals surface area contributed by atoms with E-state index in [4.69, 9.17) is 4.74 Å². The zero-order valence-electron chi connectivity index (χ0n) is 27.2. The molecule has 0 bridgehead atoms. The molecule has 258 valence electrons. The lowest BCUT2D eigenvalue weighted by Gasteiger charge is -2.32. The van der Waals surface area contributed by atoms with E-state index in [9.17, 15) is 38.9 Å². The predicted octanol–water partition coefficient (Wildman–Crippen LogP) is 1.59. The molecule has 0 unspecified atom stereocenters. The van der Waals surface area contributed by atoms with Crippen LogP contribution >= 0.6 is 0 Å². The highest BCUT2D eigenvalue weighted by molar-refractivity contribution is 5.98. The third kappa shape index (κ3) is 9.76. The number of rotatable bonds is 14. The van der Waals surface area contributed by atoms with Crippen molar-refractivity contribution in [2.24, 2.45) is 11.8 Å². The number of nitrogens with one attached hydrogen (secondary N) is 4. The first-order chi connectivity index (χ1) is 22.7. The lowest BCUT2D eigenvalue weighted by molar-refractivity contribution is -0.384. The molecule has 5 atom stereocenters. The van der Waals surface area contributed by atoms with Gasteiger partial charge in [0.05, 0.1) is 29.4 Å². The van der Waals surface area contributed by atoms with E-state index in [1.54, 1.807) is 34.6 Å². The van der Waals surface area contributed by atoms with Gasteiger partial charge in [0.1, 0.15) is 36.2 Å². The maximum atomic E-state index is 14.1. The van der Waals surface area contributed by atoms with Crippen molar-refractivity contribution in [3.63, 3.8) is 0 Å². The van der Waals surface area contributed by atoms with E-state index in [0.29, 0.717) is 12.7 Å². The van der Waals surface area contributed by atoms with Crippen LogP contribution in [-0.4, -0.2) is 92.6 Å². The lowest BCUT2D eigenvalue weighted by Crippen LogP contribution is -2.59. The summed E-state index contributed by atoms with van der Waals surface area (Å²) in [5.74, 6) is -3.46. The van der Waals surface area contributed by atoms with Crippen LogP contribution in [0.25, 0.3) is 0 Å². The van der Waals surface area contributed by atoms with Gasteiger partial charge in [-0.25, -0.2) is 9.78 Å². The highest BCUT2D eigenvalue weighted by Crippen LogP contribution is 2.25. The van der Waals surface area contributed by atoms with E-state index < -0.39 is 76.8 Å².